The molecule has 0 aromatic heterocycles. The van der Waals surface area contributed by atoms with E-state index in [9.17, 15) is 18.6 Å². The minimum Gasteiger partial charge on any atom is -0.487 e. The van der Waals surface area contributed by atoms with Crippen molar-refractivity contribution in [2.24, 2.45) is 5.92 Å². The molecule has 0 unspecified atom stereocenters. The summed E-state index contributed by atoms with van der Waals surface area (Å²) in [6.45, 7) is 7.40. The van der Waals surface area contributed by atoms with E-state index < -0.39 is 21.7 Å². The van der Waals surface area contributed by atoms with Crippen LogP contribution in [0.2, 0.25) is 0 Å². The zero-order chi connectivity index (χ0) is 22.0. The van der Waals surface area contributed by atoms with Gasteiger partial charge < -0.3 is 19.8 Å². The van der Waals surface area contributed by atoms with Gasteiger partial charge in [-0.25, -0.2) is 8.42 Å². The Balaban J connectivity index is 2.62. The fourth-order valence-electron chi connectivity index (χ4n) is 3.11. The van der Waals surface area contributed by atoms with Crippen LogP contribution in [0.15, 0.2) is 23.1 Å². The molecule has 1 aliphatic rings. The summed E-state index contributed by atoms with van der Waals surface area (Å²) in [6.07, 6.45) is -0.245. The van der Waals surface area contributed by atoms with Gasteiger partial charge in [0.25, 0.3) is 0 Å². The van der Waals surface area contributed by atoms with E-state index in [2.05, 4.69) is 11.8 Å². The van der Waals surface area contributed by atoms with Gasteiger partial charge in [-0.15, -0.1) is 0 Å². The maximum absolute atomic E-state index is 13.3. The van der Waals surface area contributed by atoms with Gasteiger partial charge in [0, 0.05) is 30.6 Å². The van der Waals surface area contributed by atoms with E-state index in [1.807, 2.05) is 25.9 Å². The molecule has 0 bridgehead atoms. The molecule has 7 nitrogen and oxygen atoms in total. The zero-order valence-electron chi connectivity index (χ0n) is 18.0. The number of hydrogen-bond acceptors (Lipinski definition) is 6. The van der Waals surface area contributed by atoms with Crippen molar-refractivity contribution in [2.45, 2.75) is 50.3 Å². The highest BCUT2D eigenvalue weighted by atomic mass is 32.2. The molecule has 162 valence electrons. The lowest BCUT2D eigenvalue weighted by atomic mass is 10.0. The maximum Gasteiger partial charge on any atom is 0.247 e. The summed E-state index contributed by atoms with van der Waals surface area (Å²) in [5.74, 6) is 5.74. The van der Waals surface area contributed by atoms with Crippen molar-refractivity contribution in [3.8, 4) is 17.6 Å². The standard InChI is InChI=1S/C21H32N2O5S/c1-15-12-23(16(2)14-24)29(26,27)20-8-7-17(9-10-21(3,4)25)11-18(20)28-19(15)13-22(5)6/h7-8,11,15-16,19,24-25H,12-14H2,1-6H3/t15-,16-,19+/m1/s1. The fraction of sp³-hybridized carbons (Fsp3) is 0.619. The van der Waals surface area contributed by atoms with Crippen LogP contribution in [-0.2, 0) is 10.0 Å². The zero-order valence-corrected chi connectivity index (χ0v) is 18.8. The van der Waals surface area contributed by atoms with Crippen molar-refractivity contribution in [3.05, 3.63) is 23.8 Å². The molecular weight excluding hydrogens is 392 g/mol. The molecule has 0 fully saturated rings. The van der Waals surface area contributed by atoms with Gasteiger partial charge in [-0.3, -0.25) is 0 Å². The number of aliphatic hydroxyl groups excluding tert-OH is 1. The van der Waals surface area contributed by atoms with E-state index in [4.69, 9.17) is 4.74 Å². The van der Waals surface area contributed by atoms with Gasteiger partial charge in [-0.2, -0.15) is 4.31 Å². The van der Waals surface area contributed by atoms with Crippen LogP contribution in [0, 0.1) is 17.8 Å². The monoisotopic (exact) mass is 424 g/mol. The van der Waals surface area contributed by atoms with Gasteiger partial charge in [0.2, 0.25) is 10.0 Å². The Morgan fingerprint density at radius 3 is 2.59 bits per heavy atom. The summed E-state index contributed by atoms with van der Waals surface area (Å²) < 4.78 is 34.2. The molecule has 2 N–H and O–H groups in total. The highest BCUT2D eigenvalue weighted by molar-refractivity contribution is 7.89. The van der Waals surface area contributed by atoms with Crippen LogP contribution in [0.1, 0.15) is 33.3 Å². The number of fused-ring (bicyclic) bond motifs is 1. The quantitative estimate of drug-likeness (QED) is 0.705. The average molecular weight is 425 g/mol. The van der Waals surface area contributed by atoms with Crippen LogP contribution >= 0.6 is 0 Å². The van der Waals surface area contributed by atoms with Crippen LogP contribution in [0.4, 0.5) is 0 Å². The molecule has 0 aliphatic carbocycles. The number of sulfonamides is 1. The van der Waals surface area contributed by atoms with Gasteiger partial charge >= 0.3 is 0 Å². The first kappa shape index (κ1) is 23.6. The highest BCUT2D eigenvalue weighted by Crippen LogP contribution is 2.34. The minimum absolute atomic E-state index is 0.0577. The molecule has 29 heavy (non-hydrogen) atoms. The summed E-state index contributed by atoms with van der Waals surface area (Å²) in [6, 6.07) is 4.14. The molecule has 0 radical (unpaired) electrons. The van der Waals surface area contributed by atoms with Gasteiger partial charge in [0.15, 0.2) is 0 Å². The first-order chi connectivity index (χ1) is 13.3. The SMILES string of the molecule is C[C@@H]1CN([C@H](C)CO)S(=O)(=O)c2ccc(C#CC(C)(C)O)cc2O[C@H]1CN(C)C. The number of rotatable bonds is 4. The van der Waals surface area contributed by atoms with Gasteiger partial charge in [-0.05, 0) is 53.1 Å². The molecule has 1 aromatic rings. The second-order valence-corrected chi connectivity index (χ2v) is 10.3. The number of ether oxygens (including phenoxy) is 1. The molecule has 1 aromatic carbocycles. The van der Waals surface area contributed by atoms with E-state index in [1.54, 1.807) is 32.9 Å². The lowest BCUT2D eigenvalue weighted by Gasteiger charge is -2.37. The first-order valence-electron chi connectivity index (χ1n) is 9.69. The first-order valence-corrected chi connectivity index (χ1v) is 11.1. The molecule has 1 heterocycles. The topological polar surface area (TPSA) is 90.3 Å². The third-order valence-corrected chi connectivity index (χ3v) is 6.74. The smallest absolute Gasteiger partial charge is 0.247 e. The summed E-state index contributed by atoms with van der Waals surface area (Å²) in [5.41, 5.74) is -0.605. The Bertz CT molecular complexity index is 881. The molecule has 8 heteroatoms. The molecule has 1 aliphatic heterocycles. The van der Waals surface area contributed by atoms with Crippen LogP contribution in [0.5, 0.6) is 5.75 Å². The summed E-state index contributed by atoms with van der Waals surface area (Å²) >= 11 is 0. The Labute approximate surface area is 174 Å². The fourth-order valence-corrected chi connectivity index (χ4v) is 4.93. The molecule has 0 amide bonds. The van der Waals surface area contributed by atoms with Crippen molar-refractivity contribution in [1.82, 2.24) is 9.21 Å². The Hall–Kier alpha value is -1.63. The van der Waals surface area contributed by atoms with Crippen molar-refractivity contribution in [1.29, 1.82) is 0 Å². The Kier molecular flexibility index (Phi) is 7.36. The van der Waals surface area contributed by atoms with Crippen LogP contribution in [0.3, 0.4) is 0 Å². The number of benzene rings is 1. The van der Waals surface area contributed by atoms with Crippen LogP contribution < -0.4 is 4.74 Å². The van der Waals surface area contributed by atoms with Gasteiger partial charge in [0.05, 0.1) is 6.61 Å². The van der Waals surface area contributed by atoms with E-state index >= 15 is 0 Å². The third kappa shape index (κ3) is 5.93. The van der Waals surface area contributed by atoms with Crippen molar-refractivity contribution in [2.75, 3.05) is 33.8 Å². The molecular formula is C21H32N2O5S. The van der Waals surface area contributed by atoms with Crippen LogP contribution in [-0.4, -0.2) is 79.4 Å². The molecule has 0 saturated carbocycles. The average Bonchev–Trinajstić information content (AvgIpc) is 2.61. The molecule has 0 saturated heterocycles. The number of aliphatic hydroxyl groups is 2. The van der Waals surface area contributed by atoms with Crippen molar-refractivity contribution < 1.29 is 23.4 Å². The Morgan fingerprint density at radius 1 is 1.38 bits per heavy atom. The Morgan fingerprint density at radius 2 is 2.03 bits per heavy atom. The molecule has 2 rings (SSSR count). The normalized spacial score (nSPS) is 23.2. The lowest BCUT2D eigenvalue weighted by molar-refractivity contribution is 0.0812. The maximum atomic E-state index is 13.3. The number of hydrogen-bond donors (Lipinski definition) is 2. The second-order valence-electron chi connectivity index (χ2n) is 8.47. The summed E-state index contributed by atoms with van der Waals surface area (Å²) in [5, 5.41) is 19.5. The van der Waals surface area contributed by atoms with E-state index in [1.165, 1.54) is 10.4 Å². The van der Waals surface area contributed by atoms with Crippen LogP contribution in [0.25, 0.3) is 0 Å². The third-order valence-electron chi connectivity index (χ3n) is 4.72. The second kappa shape index (κ2) is 9.02. The van der Waals surface area contributed by atoms with E-state index in [-0.39, 0.29) is 35.8 Å². The van der Waals surface area contributed by atoms with Gasteiger partial charge in [0.1, 0.15) is 22.4 Å². The lowest BCUT2D eigenvalue weighted by Crippen LogP contribution is -2.49. The number of nitrogens with zero attached hydrogens (tertiary/aromatic N) is 2. The predicted molar refractivity (Wildman–Crippen MR) is 112 cm³/mol. The van der Waals surface area contributed by atoms with E-state index in [0.717, 1.165) is 0 Å². The van der Waals surface area contributed by atoms with Crippen molar-refractivity contribution >= 4 is 10.0 Å². The molecule has 0 spiro atoms. The predicted octanol–water partition coefficient (Wildman–Crippen LogP) is 1.14. The molecule has 3 atom stereocenters. The van der Waals surface area contributed by atoms with Crippen molar-refractivity contribution in [3.63, 3.8) is 0 Å². The summed E-state index contributed by atoms with van der Waals surface area (Å²) in [4.78, 5) is 2.05. The highest BCUT2D eigenvalue weighted by Gasteiger charge is 2.37. The number of likely N-dealkylation sites (N-methyl/N-ethyl adjacent to an activating group) is 1. The minimum atomic E-state index is -3.86. The summed E-state index contributed by atoms with van der Waals surface area (Å²) in [7, 11) is 0.0110. The van der Waals surface area contributed by atoms with E-state index in [0.29, 0.717) is 12.1 Å². The largest absolute Gasteiger partial charge is 0.487 e. The van der Waals surface area contributed by atoms with Gasteiger partial charge in [-0.1, -0.05) is 18.8 Å².